The molecule has 102 valence electrons. The molecule has 0 radical (unpaired) electrons. The van der Waals surface area contributed by atoms with Crippen LogP contribution < -0.4 is 5.32 Å². The van der Waals surface area contributed by atoms with E-state index in [9.17, 15) is 9.59 Å². The fraction of sp³-hybridized carbons (Fsp3) is 0.857. The van der Waals surface area contributed by atoms with E-state index in [-0.39, 0.29) is 17.9 Å². The van der Waals surface area contributed by atoms with E-state index < -0.39 is 5.54 Å². The van der Waals surface area contributed by atoms with Crippen molar-refractivity contribution < 1.29 is 9.59 Å². The highest BCUT2D eigenvalue weighted by molar-refractivity contribution is 5.99. The van der Waals surface area contributed by atoms with Gasteiger partial charge in [-0.05, 0) is 25.2 Å². The van der Waals surface area contributed by atoms with Crippen LogP contribution in [0.15, 0.2) is 0 Å². The second-order valence-electron chi connectivity index (χ2n) is 6.15. The Morgan fingerprint density at radius 3 is 2.44 bits per heavy atom. The molecule has 0 aromatic carbocycles. The molecule has 2 rings (SSSR count). The van der Waals surface area contributed by atoms with Crippen molar-refractivity contribution in [1.29, 1.82) is 0 Å². The lowest BCUT2D eigenvalue weighted by atomic mass is 9.77. The average Bonchev–Trinajstić information content (AvgIpc) is 2.34. The molecular formula is C14H24N2O2. The van der Waals surface area contributed by atoms with Crippen LogP contribution in [0.25, 0.3) is 0 Å². The summed E-state index contributed by atoms with van der Waals surface area (Å²) < 4.78 is 0. The first-order valence-electron chi connectivity index (χ1n) is 7.06. The standard InChI is InChI=1S/C14H24N2O2/c1-10(2)9-11-12(17)16(3)14(13(18)15-11)7-5-4-6-8-14/h10-11H,4-9H2,1-3H3,(H,15,18). The third-order valence-electron chi connectivity index (χ3n) is 4.39. The molecule has 1 unspecified atom stereocenters. The molecule has 1 aliphatic carbocycles. The lowest BCUT2D eigenvalue weighted by Gasteiger charge is -2.48. The number of hydrogen-bond acceptors (Lipinski definition) is 2. The first-order chi connectivity index (χ1) is 8.47. The summed E-state index contributed by atoms with van der Waals surface area (Å²) in [6.07, 6.45) is 5.61. The van der Waals surface area contributed by atoms with Gasteiger partial charge in [-0.15, -0.1) is 0 Å². The van der Waals surface area contributed by atoms with Crippen molar-refractivity contribution in [2.45, 2.75) is 64.0 Å². The number of amides is 2. The molecular weight excluding hydrogens is 228 g/mol. The van der Waals surface area contributed by atoms with E-state index in [0.717, 1.165) is 32.1 Å². The summed E-state index contributed by atoms with van der Waals surface area (Å²) in [5.74, 6) is 0.563. The van der Waals surface area contributed by atoms with Crippen molar-refractivity contribution in [3.05, 3.63) is 0 Å². The number of nitrogens with one attached hydrogen (secondary N) is 1. The van der Waals surface area contributed by atoms with Crippen LogP contribution in [0.4, 0.5) is 0 Å². The summed E-state index contributed by atoms with van der Waals surface area (Å²) in [5.41, 5.74) is -0.553. The largest absolute Gasteiger partial charge is 0.342 e. The molecule has 1 saturated carbocycles. The number of nitrogens with zero attached hydrogens (tertiary/aromatic N) is 1. The SMILES string of the molecule is CC(C)CC1NC(=O)C2(CCCCC2)N(C)C1=O. The molecule has 1 N–H and O–H groups in total. The highest BCUT2D eigenvalue weighted by atomic mass is 16.2. The van der Waals surface area contributed by atoms with E-state index >= 15 is 0 Å². The van der Waals surface area contributed by atoms with Crippen LogP contribution >= 0.6 is 0 Å². The Kier molecular flexibility index (Phi) is 3.64. The third kappa shape index (κ3) is 2.13. The summed E-state index contributed by atoms with van der Waals surface area (Å²) >= 11 is 0. The third-order valence-corrected chi connectivity index (χ3v) is 4.39. The van der Waals surface area contributed by atoms with Crippen LogP contribution in [0.1, 0.15) is 52.4 Å². The van der Waals surface area contributed by atoms with Crippen molar-refractivity contribution in [1.82, 2.24) is 10.2 Å². The number of hydrogen-bond donors (Lipinski definition) is 1. The van der Waals surface area contributed by atoms with E-state index in [1.165, 1.54) is 6.42 Å². The molecule has 2 fully saturated rings. The molecule has 1 spiro atoms. The van der Waals surface area contributed by atoms with Crippen molar-refractivity contribution in [3.8, 4) is 0 Å². The van der Waals surface area contributed by atoms with E-state index in [0.29, 0.717) is 5.92 Å². The Morgan fingerprint density at radius 2 is 1.89 bits per heavy atom. The average molecular weight is 252 g/mol. The van der Waals surface area contributed by atoms with Crippen LogP contribution in [0.3, 0.4) is 0 Å². The summed E-state index contributed by atoms with van der Waals surface area (Å²) in [7, 11) is 1.81. The second kappa shape index (κ2) is 4.90. The fourth-order valence-corrected chi connectivity index (χ4v) is 3.28. The second-order valence-corrected chi connectivity index (χ2v) is 6.15. The molecule has 18 heavy (non-hydrogen) atoms. The summed E-state index contributed by atoms with van der Waals surface area (Å²) in [4.78, 5) is 26.5. The Bertz CT molecular complexity index is 346. The molecule has 1 atom stereocenters. The number of rotatable bonds is 2. The summed E-state index contributed by atoms with van der Waals surface area (Å²) in [6.45, 7) is 4.15. The van der Waals surface area contributed by atoms with E-state index in [1.54, 1.807) is 11.9 Å². The van der Waals surface area contributed by atoms with Gasteiger partial charge in [0.25, 0.3) is 0 Å². The van der Waals surface area contributed by atoms with Crippen molar-refractivity contribution in [2.24, 2.45) is 5.92 Å². The maximum atomic E-state index is 12.4. The zero-order valence-electron chi connectivity index (χ0n) is 11.7. The maximum absolute atomic E-state index is 12.4. The van der Waals surface area contributed by atoms with E-state index in [2.05, 4.69) is 19.2 Å². The normalized spacial score (nSPS) is 27.8. The monoisotopic (exact) mass is 252 g/mol. The number of carbonyl (C=O) groups excluding carboxylic acids is 2. The predicted molar refractivity (Wildman–Crippen MR) is 70.0 cm³/mol. The Balaban J connectivity index is 2.18. The number of carbonyl (C=O) groups is 2. The van der Waals surface area contributed by atoms with Crippen molar-refractivity contribution in [3.63, 3.8) is 0 Å². The van der Waals surface area contributed by atoms with Crippen LogP contribution in [0.2, 0.25) is 0 Å². The predicted octanol–water partition coefficient (Wildman–Crippen LogP) is 1.69. The number of piperazine rings is 1. The smallest absolute Gasteiger partial charge is 0.246 e. The molecule has 1 saturated heterocycles. The van der Waals surface area contributed by atoms with Gasteiger partial charge < -0.3 is 10.2 Å². The molecule has 4 nitrogen and oxygen atoms in total. The van der Waals surface area contributed by atoms with Gasteiger partial charge in [-0.1, -0.05) is 33.1 Å². The van der Waals surface area contributed by atoms with E-state index in [1.807, 2.05) is 0 Å². The van der Waals surface area contributed by atoms with Gasteiger partial charge in [0.15, 0.2) is 0 Å². The summed E-state index contributed by atoms with van der Waals surface area (Å²) in [6, 6.07) is -0.324. The molecule has 1 heterocycles. The minimum absolute atomic E-state index is 0.0648. The maximum Gasteiger partial charge on any atom is 0.246 e. The topological polar surface area (TPSA) is 49.4 Å². The molecule has 0 bridgehead atoms. The first-order valence-corrected chi connectivity index (χ1v) is 7.06. The van der Waals surface area contributed by atoms with Gasteiger partial charge in [0, 0.05) is 7.05 Å². The zero-order valence-corrected chi connectivity index (χ0v) is 11.7. The van der Waals surface area contributed by atoms with Crippen LogP contribution in [-0.2, 0) is 9.59 Å². The molecule has 2 amide bonds. The Hall–Kier alpha value is -1.06. The van der Waals surface area contributed by atoms with Gasteiger partial charge in [0.05, 0.1) is 0 Å². The van der Waals surface area contributed by atoms with Gasteiger partial charge in [0.2, 0.25) is 11.8 Å². The first kappa shape index (κ1) is 13.4. The Morgan fingerprint density at radius 1 is 1.28 bits per heavy atom. The fourth-order valence-electron chi connectivity index (χ4n) is 3.28. The van der Waals surface area contributed by atoms with Crippen LogP contribution in [0, 0.1) is 5.92 Å². The zero-order chi connectivity index (χ0) is 13.3. The van der Waals surface area contributed by atoms with Gasteiger partial charge in [0.1, 0.15) is 11.6 Å². The van der Waals surface area contributed by atoms with Gasteiger partial charge in [-0.2, -0.15) is 0 Å². The minimum Gasteiger partial charge on any atom is -0.342 e. The van der Waals surface area contributed by atoms with Crippen LogP contribution in [0.5, 0.6) is 0 Å². The van der Waals surface area contributed by atoms with Crippen LogP contribution in [-0.4, -0.2) is 35.3 Å². The lowest BCUT2D eigenvalue weighted by Crippen LogP contribution is -2.70. The Labute approximate surface area is 109 Å². The molecule has 0 aromatic rings. The van der Waals surface area contributed by atoms with Crippen molar-refractivity contribution >= 4 is 11.8 Å². The molecule has 2 aliphatic rings. The van der Waals surface area contributed by atoms with Crippen molar-refractivity contribution in [2.75, 3.05) is 7.05 Å². The lowest BCUT2D eigenvalue weighted by molar-refractivity contribution is -0.158. The molecule has 4 heteroatoms. The highest BCUT2D eigenvalue weighted by Gasteiger charge is 2.50. The van der Waals surface area contributed by atoms with Gasteiger partial charge in [-0.3, -0.25) is 9.59 Å². The van der Waals surface area contributed by atoms with Gasteiger partial charge in [-0.25, -0.2) is 0 Å². The quantitative estimate of drug-likeness (QED) is 0.813. The highest BCUT2D eigenvalue weighted by Crippen LogP contribution is 2.36. The number of likely N-dealkylation sites (N-methyl/N-ethyl adjacent to an activating group) is 1. The van der Waals surface area contributed by atoms with Gasteiger partial charge >= 0.3 is 0 Å². The van der Waals surface area contributed by atoms with E-state index in [4.69, 9.17) is 0 Å². The summed E-state index contributed by atoms with van der Waals surface area (Å²) in [5, 5.41) is 2.96. The molecule has 0 aromatic heterocycles. The molecule has 1 aliphatic heterocycles. The minimum atomic E-state index is -0.553.